The van der Waals surface area contributed by atoms with Crippen molar-refractivity contribution in [2.24, 2.45) is 0 Å². The highest BCUT2D eigenvalue weighted by molar-refractivity contribution is 9.10. The van der Waals surface area contributed by atoms with Crippen LogP contribution in [-0.4, -0.2) is 6.54 Å². The standard InChI is InChI=1S/C12H15BrN2/c1-2-3-8-15-12(9-14)10-4-6-11(13)7-5-10/h4-7,12,15H,2-3,8H2,1H3. The summed E-state index contributed by atoms with van der Waals surface area (Å²) in [4.78, 5) is 0. The molecule has 2 nitrogen and oxygen atoms in total. The van der Waals surface area contributed by atoms with E-state index < -0.39 is 0 Å². The minimum Gasteiger partial charge on any atom is -0.298 e. The van der Waals surface area contributed by atoms with Gasteiger partial charge in [-0.2, -0.15) is 5.26 Å². The van der Waals surface area contributed by atoms with Crippen LogP contribution in [0.15, 0.2) is 28.7 Å². The zero-order valence-corrected chi connectivity index (χ0v) is 10.4. The van der Waals surface area contributed by atoms with E-state index in [1.807, 2.05) is 24.3 Å². The smallest absolute Gasteiger partial charge is 0.121 e. The third-order valence-electron chi connectivity index (χ3n) is 2.21. The Bertz CT molecular complexity index is 326. The van der Waals surface area contributed by atoms with E-state index in [1.54, 1.807) is 0 Å². The number of hydrogen-bond acceptors (Lipinski definition) is 2. The highest BCUT2D eigenvalue weighted by atomic mass is 79.9. The lowest BCUT2D eigenvalue weighted by atomic mass is 10.1. The normalized spacial score (nSPS) is 12.1. The van der Waals surface area contributed by atoms with Crippen molar-refractivity contribution in [1.82, 2.24) is 5.32 Å². The minimum atomic E-state index is -0.190. The van der Waals surface area contributed by atoms with Gasteiger partial charge in [-0.3, -0.25) is 5.32 Å². The monoisotopic (exact) mass is 266 g/mol. The fourth-order valence-corrected chi connectivity index (χ4v) is 1.58. The number of benzene rings is 1. The number of nitrogens with zero attached hydrogens (tertiary/aromatic N) is 1. The number of halogens is 1. The molecule has 0 saturated heterocycles. The summed E-state index contributed by atoms with van der Waals surface area (Å²) in [7, 11) is 0. The van der Waals surface area contributed by atoms with Gasteiger partial charge in [0.05, 0.1) is 6.07 Å². The van der Waals surface area contributed by atoms with Crippen molar-refractivity contribution in [3.05, 3.63) is 34.3 Å². The molecule has 15 heavy (non-hydrogen) atoms. The Labute approximate surface area is 99.4 Å². The molecule has 0 fully saturated rings. The Kier molecular flexibility index (Phi) is 5.38. The molecule has 1 aromatic carbocycles. The second-order valence-electron chi connectivity index (χ2n) is 3.42. The summed E-state index contributed by atoms with van der Waals surface area (Å²) in [6.07, 6.45) is 2.25. The van der Waals surface area contributed by atoms with Gasteiger partial charge in [-0.1, -0.05) is 41.4 Å². The minimum absolute atomic E-state index is 0.190. The van der Waals surface area contributed by atoms with Crippen molar-refractivity contribution in [2.45, 2.75) is 25.8 Å². The highest BCUT2D eigenvalue weighted by Gasteiger charge is 2.08. The summed E-state index contributed by atoms with van der Waals surface area (Å²) in [6, 6.07) is 9.94. The average Bonchev–Trinajstić information content (AvgIpc) is 2.26. The lowest BCUT2D eigenvalue weighted by molar-refractivity contribution is 0.598. The largest absolute Gasteiger partial charge is 0.298 e. The van der Waals surface area contributed by atoms with Crippen LogP contribution in [0, 0.1) is 11.3 Å². The molecule has 0 aliphatic rings. The summed E-state index contributed by atoms with van der Waals surface area (Å²) in [5.74, 6) is 0. The predicted octanol–water partition coefficient (Wildman–Crippen LogP) is 3.40. The summed E-state index contributed by atoms with van der Waals surface area (Å²) >= 11 is 3.38. The van der Waals surface area contributed by atoms with Crippen LogP contribution in [0.3, 0.4) is 0 Å². The quantitative estimate of drug-likeness (QED) is 0.830. The molecule has 1 N–H and O–H groups in total. The summed E-state index contributed by atoms with van der Waals surface area (Å²) in [5, 5.41) is 12.3. The topological polar surface area (TPSA) is 35.8 Å². The molecule has 1 rings (SSSR count). The molecule has 80 valence electrons. The molecule has 0 amide bonds. The third kappa shape index (κ3) is 4.03. The van der Waals surface area contributed by atoms with Gasteiger partial charge in [0.2, 0.25) is 0 Å². The molecule has 0 aliphatic heterocycles. The molecule has 0 aliphatic carbocycles. The SMILES string of the molecule is CCCCNC(C#N)c1ccc(Br)cc1. The number of hydrogen-bond donors (Lipinski definition) is 1. The second kappa shape index (κ2) is 6.60. The van der Waals surface area contributed by atoms with Crippen molar-refractivity contribution in [3.63, 3.8) is 0 Å². The maximum absolute atomic E-state index is 9.02. The van der Waals surface area contributed by atoms with Crippen LogP contribution in [0.25, 0.3) is 0 Å². The molecule has 0 radical (unpaired) electrons. The first-order chi connectivity index (χ1) is 7.27. The maximum atomic E-state index is 9.02. The number of rotatable bonds is 5. The van der Waals surface area contributed by atoms with Crippen LogP contribution in [0.5, 0.6) is 0 Å². The predicted molar refractivity (Wildman–Crippen MR) is 65.4 cm³/mol. The highest BCUT2D eigenvalue weighted by Crippen LogP contribution is 2.16. The van der Waals surface area contributed by atoms with Crippen LogP contribution in [0.1, 0.15) is 31.4 Å². The maximum Gasteiger partial charge on any atom is 0.121 e. The first-order valence-corrected chi connectivity index (χ1v) is 5.95. The van der Waals surface area contributed by atoms with Gasteiger partial charge in [0.1, 0.15) is 6.04 Å². The molecule has 3 heteroatoms. The third-order valence-corrected chi connectivity index (χ3v) is 2.74. The number of nitrogens with one attached hydrogen (secondary N) is 1. The van der Waals surface area contributed by atoms with E-state index in [0.717, 1.165) is 29.4 Å². The lowest BCUT2D eigenvalue weighted by Gasteiger charge is -2.11. The van der Waals surface area contributed by atoms with E-state index in [4.69, 9.17) is 5.26 Å². The molecular weight excluding hydrogens is 252 g/mol. The van der Waals surface area contributed by atoms with Gasteiger partial charge in [-0.05, 0) is 30.7 Å². The zero-order valence-electron chi connectivity index (χ0n) is 8.83. The van der Waals surface area contributed by atoms with Crippen LogP contribution in [0.2, 0.25) is 0 Å². The summed E-state index contributed by atoms with van der Waals surface area (Å²) in [6.45, 7) is 3.04. The number of unbranched alkanes of at least 4 members (excludes halogenated alkanes) is 1. The van der Waals surface area contributed by atoms with Gasteiger partial charge in [-0.15, -0.1) is 0 Å². The van der Waals surface area contributed by atoms with Crippen molar-refractivity contribution in [1.29, 1.82) is 5.26 Å². The van der Waals surface area contributed by atoms with E-state index in [2.05, 4.69) is 34.2 Å². The molecule has 1 atom stereocenters. The molecule has 1 aromatic rings. The zero-order chi connectivity index (χ0) is 11.1. The Balaban J connectivity index is 2.59. The van der Waals surface area contributed by atoms with Crippen LogP contribution >= 0.6 is 15.9 Å². The lowest BCUT2D eigenvalue weighted by Crippen LogP contribution is -2.20. The fraction of sp³-hybridized carbons (Fsp3) is 0.417. The number of nitriles is 1. The van der Waals surface area contributed by atoms with Gasteiger partial charge in [0, 0.05) is 4.47 Å². The van der Waals surface area contributed by atoms with E-state index in [-0.39, 0.29) is 6.04 Å². The van der Waals surface area contributed by atoms with Gasteiger partial charge < -0.3 is 0 Å². The van der Waals surface area contributed by atoms with Crippen molar-refractivity contribution >= 4 is 15.9 Å². The van der Waals surface area contributed by atoms with Crippen molar-refractivity contribution in [3.8, 4) is 6.07 Å². The van der Waals surface area contributed by atoms with Crippen molar-refractivity contribution < 1.29 is 0 Å². The average molecular weight is 267 g/mol. The van der Waals surface area contributed by atoms with Crippen LogP contribution < -0.4 is 5.32 Å². The van der Waals surface area contributed by atoms with E-state index in [9.17, 15) is 0 Å². The molecular formula is C12H15BrN2. The van der Waals surface area contributed by atoms with Gasteiger partial charge in [0.15, 0.2) is 0 Å². The summed E-state index contributed by atoms with van der Waals surface area (Å²) in [5.41, 5.74) is 1.02. The van der Waals surface area contributed by atoms with Crippen molar-refractivity contribution in [2.75, 3.05) is 6.54 Å². The Morgan fingerprint density at radius 1 is 1.40 bits per heavy atom. The Morgan fingerprint density at radius 2 is 2.07 bits per heavy atom. The van der Waals surface area contributed by atoms with Crippen LogP contribution in [0.4, 0.5) is 0 Å². The summed E-state index contributed by atoms with van der Waals surface area (Å²) < 4.78 is 1.04. The fourth-order valence-electron chi connectivity index (χ4n) is 1.32. The molecule has 0 heterocycles. The van der Waals surface area contributed by atoms with Crippen LogP contribution in [-0.2, 0) is 0 Å². The first kappa shape index (κ1) is 12.2. The Hall–Kier alpha value is -0.850. The van der Waals surface area contributed by atoms with E-state index in [1.165, 1.54) is 0 Å². The first-order valence-electron chi connectivity index (χ1n) is 5.16. The molecule has 0 spiro atoms. The van der Waals surface area contributed by atoms with Gasteiger partial charge >= 0.3 is 0 Å². The van der Waals surface area contributed by atoms with Gasteiger partial charge in [0.25, 0.3) is 0 Å². The van der Waals surface area contributed by atoms with Gasteiger partial charge in [-0.25, -0.2) is 0 Å². The van der Waals surface area contributed by atoms with E-state index in [0.29, 0.717) is 0 Å². The molecule has 0 aromatic heterocycles. The molecule has 0 bridgehead atoms. The van der Waals surface area contributed by atoms with E-state index >= 15 is 0 Å². The second-order valence-corrected chi connectivity index (χ2v) is 4.34. The molecule has 1 unspecified atom stereocenters. The Morgan fingerprint density at radius 3 is 2.60 bits per heavy atom. The molecule has 0 saturated carbocycles.